The molecule has 1 aromatic heterocycles. The van der Waals surface area contributed by atoms with Gasteiger partial charge < -0.3 is 10.4 Å². The van der Waals surface area contributed by atoms with Gasteiger partial charge in [0.15, 0.2) is 0 Å². The summed E-state index contributed by atoms with van der Waals surface area (Å²) in [5, 5.41) is 16.8. The summed E-state index contributed by atoms with van der Waals surface area (Å²) in [7, 11) is 3.64. The van der Waals surface area contributed by atoms with Crippen LogP contribution in [0.1, 0.15) is 12.5 Å². The van der Waals surface area contributed by atoms with E-state index in [2.05, 4.69) is 10.4 Å². The summed E-state index contributed by atoms with van der Waals surface area (Å²) >= 11 is 0. The number of nitrogens with zero attached hydrogens (tertiary/aromatic N) is 2. The van der Waals surface area contributed by atoms with Crippen LogP contribution in [0, 0.1) is 0 Å². The van der Waals surface area contributed by atoms with Crippen LogP contribution in [0.3, 0.4) is 0 Å². The maximum absolute atomic E-state index is 9.88. The molecule has 68 valence electrons. The Morgan fingerprint density at radius 3 is 2.83 bits per heavy atom. The molecular formula is C8H15N3O. The highest BCUT2D eigenvalue weighted by molar-refractivity contribution is 5.14. The van der Waals surface area contributed by atoms with E-state index in [0.717, 1.165) is 5.56 Å². The van der Waals surface area contributed by atoms with E-state index in [4.69, 9.17) is 0 Å². The van der Waals surface area contributed by atoms with E-state index in [9.17, 15) is 5.11 Å². The molecule has 0 bridgehead atoms. The Labute approximate surface area is 72.2 Å². The molecule has 1 heterocycles. The van der Waals surface area contributed by atoms with Crippen molar-refractivity contribution in [3.8, 4) is 0 Å². The van der Waals surface area contributed by atoms with Crippen molar-refractivity contribution in [3.63, 3.8) is 0 Å². The molecule has 0 fully saturated rings. The zero-order valence-electron chi connectivity index (χ0n) is 7.70. The molecule has 0 aromatic carbocycles. The van der Waals surface area contributed by atoms with Gasteiger partial charge in [-0.05, 0) is 14.0 Å². The Bertz CT molecular complexity index is 255. The predicted molar refractivity (Wildman–Crippen MR) is 46.7 cm³/mol. The van der Waals surface area contributed by atoms with Gasteiger partial charge >= 0.3 is 0 Å². The SMILES string of the molecule is CNCC(C)(O)c1cnn(C)c1. The van der Waals surface area contributed by atoms with Crippen LogP contribution in [0.25, 0.3) is 0 Å². The van der Waals surface area contributed by atoms with Gasteiger partial charge in [0.25, 0.3) is 0 Å². The Morgan fingerprint density at radius 2 is 2.42 bits per heavy atom. The second-order valence-electron chi connectivity index (χ2n) is 3.21. The molecule has 1 atom stereocenters. The Kier molecular flexibility index (Phi) is 2.49. The number of aliphatic hydroxyl groups is 1. The van der Waals surface area contributed by atoms with Crippen molar-refractivity contribution >= 4 is 0 Å². The van der Waals surface area contributed by atoms with E-state index >= 15 is 0 Å². The Balaban J connectivity index is 2.81. The molecule has 1 aromatic rings. The summed E-state index contributed by atoms with van der Waals surface area (Å²) in [6.45, 7) is 2.29. The Hall–Kier alpha value is -0.870. The minimum Gasteiger partial charge on any atom is -0.384 e. The van der Waals surface area contributed by atoms with Gasteiger partial charge in [0.05, 0.1) is 6.20 Å². The quantitative estimate of drug-likeness (QED) is 0.661. The minimum atomic E-state index is -0.830. The van der Waals surface area contributed by atoms with E-state index in [1.54, 1.807) is 17.8 Å². The second-order valence-corrected chi connectivity index (χ2v) is 3.21. The predicted octanol–water partition coefficient (Wildman–Crippen LogP) is -0.153. The zero-order chi connectivity index (χ0) is 9.19. The van der Waals surface area contributed by atoms with E-state index in [1.807, 2.05) is 20.3 Å². The average Bonchev–Trinajstić information content (AvgIpc) is 2.36. The lowest BCUT2D eigenvalue weighted by molar-refractivity contribution is 0.0591. The lowest BCUT2D eigenvalue weighted by atomic mass is 10.00. The molecule has 0 spiro atoms. The number of likely N-dealkylation sites (N-methyl/N-ethyl adjacent to an activating group) is 1. The largest absolute Gasteiger partial charge is 0.384 e. The minimum absolute atomic E-state index is 0.526. The fourth-order valence-electron chi connectivity index (χ4n) is 1.15. The maximum Gasteiger partial charge on any atom is 0.102 e. The first kappa shape index (κ1) is 9.22. The highest BCUT2D eigenvalue weighted by Crippen LogP contribution is 2.17. The fraction of sp³-hybridized carbons (Fsp3) is 0.625. The molecular weight excluding hydrogens is 154 g/mol. The molecule has 4 heteroatoms. The van der Waals surface area contributed by atoms with Crippen LogP contribution in [-0.2, 0) is 12.6 Å². The monoisotopic (exact) mass is 169 g/mol. The lowest BCUT2D eigenvalue weighted by Gasteiger charge is -2.20. The second kappa shape index (κ2) is 3.25. The van der Waals surface area contributed by atoms with Crippen molar-refractivity contribution in [3.05, 3.63) is 18.0 Å². The molecule has 0 aliphatic carbocycles. The third-order valence-electron chi connectivity index (χ3n) is 1.85. The maximum atomic E-state index is 9.88. The first-order chi connectivity index (χ1) is 5.56. The lowest BCUT2D eigenvalue weighted by Crippen LogP contribution is -2.33. The molecule has 1 rings (SSSR count). The van der Waals surface area contributed by atoms with Crippen LogP contribution in [0.15, 0.2) is 12.4 Å². The summed E-state index contributed by atoms with van der Waals surface area (Å²) in [4.78, 5) is 0. The van der Waals surface area contributed by atoms with Gasteiger partial charge in [0.1, 0.15) is 5.60 Å². The molecule has 0 aliphatic rings. The highest BCUT2D eigenvalue weighted by Gasteiger charge is 2.23. The molecule has 4 nitrogen and oxygen atoms in total. The summed E-state index contributed by atoms with van der Waals surface area (Å²) < 4.78 is 1.68. The van der Waals surface area contributed by atoms with E-state index in [0.29, 0.717) is 6.54 Å². The van der Waals surface area contributed by atoms with Gasteiger partial charge in [-0.3, -0.25) is 4.68 Å². The molecule has 1 unspecified atom stereocenters. The molecule has 0 amide bonds. The number of hydrogen-bond donors (Lipinski definition) is 2. The van der Waals surface area contributed by atoms with Gasteiger partial charge in [0.2, 0.25) is 0 Å². The summed E-state index contributed by atoms with van der Waals surface area (Å²) in [5.74, 6) is 0. The van der Waals surface area contributed by atoms with Gasteiger partial charge in [-0.15, -0.1) is 0 Å². The number of nitrogens with one attached hydrogen (secondary N) is 1. The molecule has 12 heavy (non-hydrogen) atoms. The first-order valence-electron chi connectivity index (χ1n) is 3.92. The average molecular weight is 169 g/mol. The number of aryl methyl sites for hydroxylation is 1. The standard InChI is InChI=1S/C8H15N3O/c1-8(12,6-9-2)7-4-10-11(3)5-7/h4-5,9,12H,6H2,1-3H3. The molecule has 2 N–H and O–H groups in total. The van der Waals surface area contributed by atoms with Crippen molar-refractivity contribution in [1.82, 2.24) is 15.1 Å². The smallest absolute Gasteiger partial charge is 0.102 e. The molecule has 0 aliphatic heterocycles. The van der Waals surface area contributed by atoms with Crippen molar-refractivity contribution in [2.75, 3.05) is 13.6 Å². The topological polar surface area (TPSA) is 50.1 Å². The highest BCUT2D eigenvalue weighted by atomic mass is 16.3. The van der Waals surface area contributed by atoms with Crippen LogP contribution in [0.2, 0.25) is 0 Å². The van der Waals surface area contributed by atoms with Gasteiger partial charge in [0, 0.05) is 25.4 Å². The van der Waals surface area contributed by atoms with Gasteiger partial charge in [-0.25, -0.2) is 0 Å². The first-order valence-corrected chi connectivity index (χ1v) is 3.92. The van der Waals surface area contributed by atoms with Crippen LogP contribution in [0.4, 0.5) is 0 Å². The molecule has 0 radical (unpaired) electrons. The van der Waals surface area contributed by atoms with Gasteiger partial charge in [-0.1, -0.05) is 0 Å². The zero-order valence-corrected chi connectivity index (χ0v) is 7.70. The molecule has 0 saturated heterocycles. The summed E-state index contributed by atoms with van der Waals surface area (Å²) in [6, 6.07) is 0. The van der Waals surface area contributed by atoms with Crippen molar-refractivity contribution < 1.29 is 5.11 Å². The normalized spacial score (nSPS) is 16.0. The van der Waals surface area contributed by atoms with E-state index in [-0.39, 0.29) is 0 Å². The number of rotatable bonds is 3. The Morgan fingerprint density at radius 1 is 1.75 bits per heavy atom. The van der Waals surface area contributed by atoms with Crippen LogP contribution in [0.5, 0.6) is 0 Å². The van der Waals surface area contributed by atoms with Crippen molar-refractivity contribution in [2.45, 2.75) is 12.5 Å². The van der Waals surface area contributed by atoms with Crippen LogP contribution in [-0.4, -0.2) is 28.5 Å². The number of hydrogen-bond acceptors (Lipinski definition) is 3. The summed E-state index contributed by atoms with van der Waals surface area (Å²) in [5.41, 5.74) is 0.00238. The van der Waals surface area contributed by atoms with Crippen LogP contribution >= 0.6 is 0 Å². The van der Waals surface area contributed by atoms with Crippen molar-refractivity contribution in [1.29, 1.82) is 0 Å². The summed E-state index contributed by atoms with van der Waals surface area (Å²) in [6.07, 6.45) is 3.49. The van der Waals surface area contributed by atoms with Crippen LogP contribution < -0.4 is 5.32 Å². The third-order valence-corrected chi connectivity index (χ3v) is 1.85. The molecule has 0 saturated carbocycles. The van der Waals surface area contributed by atoms with Crippen molar-refractivity contribution in [2.24, 2.45) is 7.05 Å². The fourth-order valence-corrected chi connectivity index (χ4v) is 1.15. The van der Waals surface area contributed by atoms with Gasteiger partial charge in [-0.2, -0.15) is 5.10 Å². The van der Waals surface area contributed by atoms with E-state index < -0.39 is 5.60 Å². The number of aromatic nitrogens is 2. The van der Waals surface area contributed by atoms with E-state index in [1.165, 1.54) is 0 Å². The third kappa shape index (κ3) is 1.84.